The quantitative estimate of drug-likeness (QED) is 0.600. The highest BCUT2D eigenvalue weighted by atomic mass is 16.6. The second kappa shape index (κ2) is 8.57. The van der Waals surface area contributed by atoms with Gasteiger partial charge >= 0.3 is 0 Å². The molecule has 1 amide bonds. The Labute approximate surface area is 162 Å². The number of anilines is 2. The third-order valence-electron chi connectivity index (χ3n) is 4.40. The van der Waals surface area contributed by atoms with Gasteiger partial charge in [-0.05, 0) is 18.2 Å². The van der Waals surface area contributed by atoms with Gasteiger partial charge in [0.25, 0.3) is 11.6 Å². The Bertz CT molecular complexity index is 858. The maximum absolute atomic E-state index is 12.8. The minimum atomic E-state index is -0.493. The van der Waals surface area contributed by atoms with Gasteiger partial charge in [0.05, 0.1) is 43.7 Å². The minimum Gasteiger partial charge on any atom is -0.497 e. The van der Waals surface area contributed by atoms with Crippen LogP contribution in [0.25, 0.3) is 0 Å². The molecule has 1 fully saturated rings. The highest BCUT2D eigenvalue weighted by Crippen LogP contribution is 2.32. The first kappa shape index (κ1) is 19.4. The number of methoxy groups -OCH3 is 2. The Hall–Kier alpha value is -3.33. The molecule has 28 heavy (non-hydrogen) atoms. The third-order valence-corrected chi connectivity index (χ3v) is 4.40. The topological polar surface area (TPSA) is 103 Å². The predicted molar refractivity (Wildman–Crippen MR) is 104 cm³/mol. The van der Waals surface area contributed by atoms with E-state index >= 15 is 0 Å². The van der Waals surface area contributed by atoms with Crippen molar-refractivity contribution < 1.29 is 23.9 Å². The first-order chi connectivity index (χ1) is 13.5. The van der Waals surface area contributed by atoms with Crippen LogP contribution in [0.5, 0.6) is 11.5 Å². The van der Waals surface area contributed by atoms with Crippen molar-refractivity contribution in [3.05, 3.63) is 52.1 Å². The molecule has 2 aromatic rings. The van der Waals surface area contributed by atoms with Gasteiger partial charge in [-0.15, -0.1) is 0 Å². The van der Waals surface area contributed by atoms with Gasteiger partial charge in [-0.3, -0.25) is 14.9 Å². The van der Waals surface area contributed by atoms with E-state index in [1.807, 2.05) is 4.90 Å². The first-order valence-corrected chi connectivity index (χ1v) is 8.67. The normalized spacial score (nSPS) is 13.7. The van der Waals surface area contributed by atoms with Crippen molar-refractivity contribution in [1.29, 1.82) is 0 Å². The fraction of sp³-hybridized carbons (Fsp3) is 0.316. The fourth-order valence-corrected chi connectivity index (χ4v) is 2.95. The number of hydrogen-bond donors (Lipinski definition) is 1. The van der Waals surface area contributed by atoms with Gasteiger partial charge in [0.15, 0.2) is 0 Å². The Morgan fingerprint density at radius 2 is 1.75 bits per heavy atom. The number of amides is 1. The number of morpholine rings is 1. The SMILES string of the molecule is COc1cc(OC)cc(C(=O)Nc2cc([N+](=O)[O-])ccc2N2CCOCC2)c1. The van der Waals surface area contributed by atoms with Gasteiger partial charge in [-0.2, -0.15) is 0 Å². The molecular formula is C19H21N3O6. The van der Waals surface area contributed by atoms with Gasteiger partial charge in [0, 0.05) is 36.9 Å². The van der Waals surface area contributed by atoms with Crippen LogP contribution in [0.15, 0.2) is 36.4 Å². The number of nitrogens with zero attached hydrogens (tertiary/aromatic N) is 2. The molecule has 148 valence electrons. The zero-order valence-electron chi connectivity index (χ0n) is 15.6. The van der Waals surface area contributed by atoms with Gasteiger partial charge in [-0.25, -0.2) is 0 Å². The van der Waals surface area contributed by atoms with E-state index in [1.165, 1.54) is 26.4 Å². The molecule has 0 unspecified atom stereocenters. The van der Waals surface area contributed by atoms with Gasteiger partial charge in [-0.1, -0.05) is 0 Å². The lowest BCUT2D eigenvalue weighted by molar-refractivity contribution is -0.384. The van der Waals surface area contributed by atoms with Crippen LogP contribution in [0.1, 0.15) is 10.4 Å². The Kier molecular flexibility index (Phi) is 5.95. The van der Waals surface area contributed by atoms with Crippen molar-refractivity contribution in [2.24, 2.45) is 0 Å². The van der Waals surface area contributed by atoms with E-state index in [4.69, 9.17) is 14.2 Å². The maximum Gasteiger partial charge on any atom is 0.271 e. The molecule has 1 heterocycles. The standard InChI is InChI=1S/C19H21N3O6/c1-26-15-9-13(10-16(12-15)27-2)19(23)20-17-11-14(22(24)25)3-4-18(17)21-5-7-28-8-6-21/h3-4,9-12H,5-8H2,1-2H3,(H,20,23). The number of carbonyl (C=O) groups excluding carboxylic acids is 1. The number of hydrogen-bond acceptors (Lipinski definition) is 7. The lowest BCUT2D eigenvalue weighted by Crippen LogP contribution is -2.36. The molecule has 0 saturated carbocycles. The van der Waals surface area contributed by atoms with E-state index in [-0.39, 0.29) is 5.69 Å². The molecule has 1 saturated heterocycles. The molecule has 9 nitrogen and oxygen atoms in total. The molecule has 1 aliphatic rings. The summed E-state index contributed by atoms with van der Waals surface area (Å²) in [5.41, 5.74) is 1.28. The molecule has 0 spiro atoms. The largest absolute Gasteiger partial charge is 0.497 e. The molecule has 0 aliphatic carbocycles. The summed E-state index contributed by atoms with van der Waals surface area (Å²) >= 11 is 0. The van der Waals surface area contributed by atoms with Crippen molar-refractivity contribution in [2.45, 2.75) is 0 Å². The number of benzene rings is 2. The fourth-order valence-electron chi connectivity index (χ4n) is 2.95. The molecule has 2 aromatic carbocycles. The highest BCUT2D eigenvalue weighted by molar-refractivity contribution is 6.06. The van der Waals surface area contributed by atoms with Crippen LogP contribution in [0.4, 0.5) is 17.1 Å². The first-order valence-electron chi connectivity index (χ1n) is 8.67. The molecule has 0 aromatic heterocycles. The van der Waals surface area contributed by atoms with Crippen LogP contribution in [-0.2, 0) is 4.74 Å². The molecule has 1 aliphatic heterocycles. The second-order valence-electron chi connectivity index (χ2n) is 6.11. The summed E-state index contributed by atoms with van der Waals surface area (Å²) in [4.78, 5) is 25.6. The van der Waals surface area contributed by atoms with Gasteiger partial charge < -0.3 is 24.4 Å². The van der Waals surface area contributed by atoms with E-state index in [0.29, 0.717) is 54.7 Å². The molecule has 1 N–H and O–H groups in total. The summed E-state index contributed by atoms with van der Waals surface area (Å²) in [5.74, 6) is 0.515. The van der Waals surface area contributed by atoms with Crippen LogP contribution in [0, 0.1) is 10.1 Å². The van der Waals surface area contributed by atoms with Crippen LogP contribution >= 0.6 is 0 Å². The van der Waals surface area contributed by atoms with E-state index in [2.05, 4.69) is 5.32 Å². The van der Waals surface area contributed by atoms with Gasteiger partial charge in [0.2, 0.25) is 0 Å². The number of nitrogens with one attached hydrogen (secondary N) is 1. The van der Waals surface area contributed by atoms with Crippen molar-refractivity contribution in [3.63, 3.8) is 0 Å². The van der Waals surface area contributed by atoms with Crippen molar-refractivity contribution in [1.82, 2.24) is 0 Å². The third kappa shape index (κ3) is 4.32. The molecule has 0 atom stereocenters. The van der Waals surface area contributed by atoms with Crippen LogP contribution < -0.4 is 19.7 Å². The number of ether oxygens (including phenoxy) is 3. The van der Waals surface area contributed by atoms with Gasteiger partial charge in [0.1, 0.15) is 11.5 Å². The monoisotopic (exact) mass is 387 g/mol. The van der Waals surface area contributed by atoms with Crippen molar-refractivity contribution in [3.8, 4) is 11.5 Å². The lowest BCUT2D eigenvalue weighted by Gasteiger charge is -2.30. The van der Waals surface area contributed by atoms with E-state index in [0.717, 1.165) is 0 Å². The average molecular weight is 387 g/mol. The van der Waals surface area contributed by atoms with E-state index in [1.54, 1.807) is 24.3 Å². The summed E-state index contributed by atoms with van der Waals surface area (Å²) in [5, 5.41) is 14.0. The summed E-state index contributed by atoms with van der Waals surface area (Å²) in [7, 11) is 2.99. The Morgan fingerprint density at radius 1 is 1.11 bits per heavy atom. The number of nitro groups is 1. The Morgan fingerprint density at radius 3 is 2.32 bits per heavy atom. The molecule has 3 rings (SSSR count). The van der Waals surface area contributed by atoms with Crippen LogP contribution in [-0.4, -0.2) is 51.4 Å². The van der Waals surface area contributed by atoms with Crippen LogP contribution in [0.3, 0.4) is 0 Å². The zero-order valence-corrected chi connectivity index (χ0v) is 15.6. The Balaban J connectivity index is 1.94. The number of nitro benzene ring substituents is 1. The summed E-state index contributed by atoms with van der Waals surface area (Å²) in [6.07, 6.45) is 0. The molecule has 0 radical (unpaired) electrons. The zero-order chi connectivity index (χ0) is 20.1. The maximum atomic E-state index is 12.8. The highest BCUT2D eigenvalue weighted by Gasteiger charge is 2.20. The smallest absolute Gasteiger partial charge is 0.271 e. The summed E-state index contributed by atoms with van der Waals surface area (Å²) in [6.45, 7) is 2.37. The van der Waals surface area contributed by atoms with Crippen LogP contribution in [0.2, 0.25) is 0 Å². The molecule has 9 heteroatoms. The number of carbonyl (C=O) groups is 1. The second-order valence-corrected chi connectivity index (χ2v) is 6.11. The van der Waals surface area contributed by atoms with E-state index < -0.39 is 10.8 Å². The molecule has 0 bridgehead atoms. The predicted octanol–water partition coefficient (Wildman–Crippen LogP) is 2.70. The molecular weight excluding hydrogens is 366 g/mol. The number of rotatable bonds is 6. The van der Waals surface area contributed by atoms with Crippen molar-refractivity contribution in [2.75, 3.05) is 50.7 Å². The summed E-state index contributed by atoms with van der Waals surface area (Å²) < 4.78 is 15.8. The average Bonchev–Trinajstić information content (AvgIpc) is 2.73. The van der Waals surface area contributed by atoms with E-state index in [9.17, 15) is 14.9 Å². The van der Waals surface area contributed by atoms with Crippen molar-refractivity contribution >= 4 is 23.0 Å². The lowest BCUT2D eigenvalue weighted by atomic mass is 10.1. The number of non-ortho nitro benzene ring substituents is 1. The minimum absolute atomic E-state index is 0.101. The summed E-state index contributed by atoms with van der Waals surface area (Å²) in [6, 6.07) is 9.23.